The lowest BCUT2D eigenvalue weighted by atomic mass is 10.1. The highest BCUT2D eigenvalue weighted by Gasteiger charge is 2.32. The maximum Gasteiger partial charge on any atom is 0.241 e. The molecule has 1 aromatic heterocycles. The third-order valence-electron chi connectivity index (χ3n) is 4.62. The molecule has 7 nitrogen and oxygen atoms in total. The van der Waals surface area contributed by atoms with Gasteiger partial charge in [0.15, 0.2) is 0 Å². The molecule has 134 valence electrons. The van der Waals surface area contributed by atoms with E-state index < -0.39 is 0 Å². The van der Waals surface area contributed by atoms with Crippen molar-refractivity contribution in [2.45, 2.75) is 45.8 Å². The van der Waals surface area contributed by atoms with Crippen LogP contribution in [0, 0.1) is 6.92 Å². The van der Waals surface area contributed by atoms with Crippen LogP contribution in [0.3, 0.4) is 0 Å². The third kappa shape index (κ3) is 3.82. The molecule has 0 saturated carbocycles. The summed E-state index contributed by atoms with van der Waals surface area (Å²) in [4.78, 5) is 19.3. The van der Waals surface area contributed by atoms with Crippen LogP contribution in [0.25, 0.3) is 0 Å². The number of likely N-dealkylation sites (tertiary alicyclic amines) is 1. The topological polar surface area (TPSA) is 72.3 Å². The highest BCUT2D eigenvalue weighted by atomic mass is 16.5. The Kier molecular flexibility index (Phi) is 5.33. The molecule has 1 aliphatic heterocycles. The van der Waals surface area contributed by atoms with E-state index in [2.05, 4.69) is 20.3 Å². The molecule has 25 heavy (non-hydrogen) atoms. The summed E-state index contributed by atoms with van der Waals surface area (Å²) in [6.45, 7) is 6.34. The Morgan fingerprint density at radius 2 is 2.28 bits per heavy atom. The fraction of sp³-hybridized carbons (Fsp3) is 0.500. The zero-order chi connectivity index (χ0) is 17.8. The molecule has 1 N–H and O–H groups in total. The number of hydrogen-bond donors (Lipinski definition) is 1. The molecule has 2 aromatic rings. The predicted molar refractivity (Wildman–Crippen MR) is 95.5 cm³/mol. The maximum absolute atomic E-state index is 12.8. The second-order valence-corrected chi connectivity index (χ2v) is 6.31. The second-order valence-electron chi connectivity index (χ2n) is 6.31. The summed E-state index contributed by atoms with van der Waals surface area (Å²) in [5.74, 6) is 1.58. The van der Waals surface area contributed by atoms with Crippen LogP contribution in [0.1, 0.15) is 31.2 Å². The Hall–Kier alpha value is -2.41. The Morgan fingerprint density at radius 1 is 1.44 bits per heavy atom. The van der Waals surface area contributed by atoms with Crippen molar-refractivity contribution in [2.75, 3.05) is 19.0 Å². The van der Waals surface area contributed by atoms with Crippen molar-refractivity contribution in [2.24, 2.45) is 0 Å². The van der Waals surface area contributed by atoms with Gasteiger partial charge in [-0.1, -0.05) is 6.07 Å². The number of rotatable bonds is 6. The van der Waals surface area contributed by atoms with Crippen LogP contribution in [0.15, 0.2) is 24.5 Å². The van der Waals surface area contributed by atoms with E-state index in [0.717, 1.165) is 43.0 Å². The first-order valence-corrected chi connectivity index (χ1v) is 8.68. The lowest BCUT2D eigenvalue weighted by molar-refractivity contribution is -0.120. The molecule has 1 amide bonds. The van der Waals surface area contributed by atoms with E-state index in [1.54, 1.807) is 13.4 Å². The average Bonchev–Trinajstić information content (AvgIpc) is 3.24. The SMILES string of the molecule is CCn1ncnc1CN1CCCC1C(=O)Nc1cc(C)ccc1OC. The van der Waals surface area contributed by atoms with Gasteiger partial charge in [-0.15, -0.1) is 0 Å². The van der Waals surface area contributed by atoms with Gasteiger partial charge in [0.2, 0.25) is 5.91 Å². The number of hydrogen-bond acceptors (Lipinski definition) is 5. The molecule has 0 bridgehead atoms. The van der Waals surface area contributed by atoms with Crippen LogP contribution >= 0.6 is 0 Å². The summed E-state index contributed by atoms with van der Waals surface area (Å²) in [5, 5.41) is 7.24. The van der Waals surface area contributed by atoms with Gasteiger partial charge in [0, 0.05) is 6.54 Å². The molecule has 2 heterocycles. The number of amides is 1. The molecule has 0 radical (unpaired) electrons. The van der Waals surface area contributed by atoms with Crippen LogP contribution in [-0.4, -0.2) is 45.3 Å². The van der Waals surface area contributed by atoms with E-state index in [0.29, 0.717) is 12.3 Å². The highest BCUT2D eigenvalue weighted by Crippen LogP contribution is 2.27. The van der Waals surface area contributed by atoms with Gasteiger partial charge in [0.05, 0.1) is 25.4 Å². The summed E-state index contributed by atoms with van der Waals surface area (Å²) >= 11 is 0. The molecule has 1 aromatic carbocycles. The minimum Gasteiger partial charge on any atom is -0.495 e. The summed E-state index contributed by atoms with van der Waals surface area (Å²) in [6, 6.07) is 5.62. The van der Waals surface area contributed by atoms with Gasteiger partial charge in [0.25, 0.3) is 0 Å². The highest BCUT2D eigenvalue weighted by molar-refractivity contribution is 5.96. The first-order chi connectivity index (χ1) is 12.1. The number of methoxy groups -OCH3 is 1. The molecular formula is C18H25N5O2. The third-order valence-corrected chi connectivity index (χ3v) is 4.62. The van der Waals surface area contributed by atoms with Crippen molar-refractivity contribution >= 4 is 11.6 Å². The molecule has 3 rings (SSSR count). The number of ether oxygens (including phenoxy) is 1. The fourth-order valence-corrected chi connectivity index (χ4v) is 3.30. The van der Waals surface area contributed by atoms with Crippen molar-refractivity contribution in [3.63, 3.8) is 0 Å². The number of nitrogens with one attached hydrogen (secondary N) is 1. The summed E-state index contributed by atoms with van der Waals surface area (Å²) in [5.41, 5.74) is 1.80. The molecule has 1 unspecified atom stereocenters. The van der Waals surface area contributed by atoms with E-state index in [9.17, 15) is 4.79 Å². The molecule has 7 heteroatoms. The zero-order valence-electron chi connectivity index (χ0n) is 15.0. The first-order valence-electron chi connectivity index (χ1n) is 8.68. The Morgan fingerprint density at radius 3 is 3.04 bits per heavy atom. The molecule has 1 aliphatic rings. The van der Waals surface area contributed by atoms with Crippen molar-refractivity contribution in [1.29, 1.82) is 0 Å². The van der Waals surface area contributed by atoms with Gasteiger partial charge >= 0.3 is 0 Å². The van der Waals surface area contributed by atoms with E-state index in [1.807, 2.05) is 36.7 Å². The van der Waals surface area contributed by atoms with E-state index in [4.69, 9.17) is 4.74 Å². The van der Waals surface area contributed by atoms with Gasteiger partial charge in [-0.2, -0.15) is 5.10 Å². The average molecular weight is 343 g/mol. The first kappa shape index (κ1) is 17.4. The van der Waals surface area contributed by atoms with Gasteiger partial charge in [-0.3, -0.25) is 9.69 Å². The normalized spacial score (nSPS) is 17.6. The number of carbonyl (C=O) groups excluding carboxylic acids is 1. The monoisotopic (exact) mass is 343 g/mol. The molecule has 1 fully saturated rings. The quantitative estimate of drug-likeness (QED) is 0.871. The molecule has 0 aliphatic carbocycles. The summed E-state index contributed by atoms with van der Waals surface area (Å²) in [6.07, 6.45) is 3.42. The Bertz CT molecular complexity index is 743. The predicted octanol–water partition coefficient (Wildman–Crippen LogP) is 2.22. The fourth-order valence-electron chi connectivity index (χ4n) is 3.30. The lowest BCUT2D eigenvalue weighted by Crippen LogP contribution is -2.39. The Labute approximate surface area is 148 Å². The van der Waals surface area contributed by atoms with Crippen molar-refractivity contribution < 1.29 is 9.53 Å². The number of carbonyl (C=O) groups is 1. The molecule has 1 atom stereocenters. The van der Waals surface area contributed by atoms with Gasteiger partial charge in [0.1, 0.15) is 17.9 Å². The smallest absolute Gasteiger partial charge is 0.241 e. The van der Waals surface area contributed by atoms with Gasteiger partial charge < -0.3 is 10.1 Å². The van der Waals surface area contributed by atoms with Crippen molar-refractivity contribution in [3.05, 3.63) is 35.9 Å². The van der Waals surface area contributed by atoms with Gasteiger partial charge in [-0.05, 0) is 50.9 Å². The largest absolute Gasteiger partial charge is 0.495 e. The van der Waals surface area contributed by atoms with Crippen molar-refractivity contribution in [3.8, 4) is 5.75 Å². The molecule has 1 saturated heterocycles. The van der Waals surface area contributed by atoms with Crippen molar-refractivity contribution in [1.82, 2.24) is 19.7 Å². The molecule has 0 spiro atoms. The number of benzene rings is 1. The Balaban J connectivity index is 1.72. The number of aryl methyl sites for hydroxylation is 2. The number of anilines is 1. The summed E-state index contributed by atoms with van der Waals surface area (Å²) in [7, 11) is 1.61. The van der Waals surface area contributed by atoms with Crippen LogP contribution < -0.4 is 10.1 Å². The minimum absolute atomic E-state index is 0.00367. The van der Waals surface area contributed by atoms with E-state index >= 15 is 0 Å². The minimum atomic E-state index is -0.160. The standard InChI is InChI=1S/C18H25N5O2/c1-4-23-17(19-12-20-23)11-22-9-5-6-15(22)18(24)21-14-10-13(2)7-8-16(14)25-3/h7-8,10,12,15H,4-6,9,11H2,1-3H3,(H,21,24). The lowest BCUT2D eigenvalue weighted by Gasteiger charge is -2.23. The van der Waals surface area contributed by atoms with Crippen LogP contribution in [0.4, 0.5) is 5.69 Å². The molecular weight excluding hydrogens is 318 g/mol. The van der Waals surface area contributed by atoms with Crippen LogP contribution in [0.5, 0.6) is 5.75 Å². The van der Waals surface area contributed by atoms with Gasteiger partial charge in [-0.25, -0.2) is 9.67 Å². The number of aromatic nitrogens is 3. The van der Waals surface area contributed by atoms with Crippen LogP contribution in [-0.2, 0) is 17.9 Å². The van der Waals surface area contributed by atoms with Crippen LogP contribution in [0.2, 0.25) is 0 Å². The number of nitrogens with zero attached hydrogens (tertiary/aromatic N) is 4. The van der Waals surface area contributed by atoms with E-state index in [1.165, 1.54) is 0 Å². The van der Waals surface area contributed by atoms with E-state index in [-0.39, 0.29) is 11.9 Å². The zero-order valence-corrected chi connectivity index (χ0v) is 15.0. The second kappa shape index (κ2) is 7.65. The maximum atomic E-state index is 12.8. The summed E-state index contributed by atoms with van der Waals surface area (Å²) < 4.78 is 7.23.